The Bertz CT molecular complexity index is 460. The number of nitrogens with one attached hydrogen (secondary N) is 1. The second-order valence-corrected chi connectivity index (χ2v) is 5.20. The zero-order valence-electron chi connectivity index (χ0n) is 12.2. The number of hydrazine groups is 1. The molecule has 2 atom stereocenters. The molecule has 1 fully saturated rings. The molecule has 20 heavy (non-hydrogen) atoms. The third-order valence-electron chi connectivity index (χ3n) is 3.34. The highest BCUT2D eigenvalue weighted by Crippen LogP contribution is 2.17. The Labute approximate surface area is 119 Å². The molecule has 6 heteroatoms. The summed E-state index contributed by atoms with van der Waals surface area (Å²) in [5, 5.41) is 0. The highest BCUT2D eigenvalue weighted by molar-refractivity contribution is 5.95. The number of hydrogen-bond acceptors (Lipinski definition) is 5. The second kappa shape index (κ2) is 6.19. The van der Waals surface area contributed by atoms with E-state index in [1.54, 1.807) is 6.07 Å². The maximum atomic E-state index is 12.6. The van der Waals surface area contributed by atoms with Crippen LogP contribution in [0.25, 0.3) is 0 Å². The van der Waals surface area contributed by atoms with Crippen molar-refractivity contribution < 1.29 is 9.53 Å². The predicted octanol–water partition coefficient (Wildman–Crippen LogP) is 1.18. The van der Waals surface area contributed by atoms with Gasteiger partial charge < -0.3 is 15.1 Å². The lowest BCUT2D eigenvalue weighted by molar-refractivity contribution is -0.0586. The molecule has 0 spiro atoms. The van der Waals surface area contributed by atoms with Gasteiger partial charge in [0.05, 0.1) is 12.2 Å². The summed E-state index contributed by atoms with van der Waals surface area (Å²) < 4.78 is 5.65. The predicted molar refractivity (Wildman–Crippen MR) is 77.3 cm³/mol. The average Bonchev–Trinajstić information content (AvgIpc) is 2.44. The molecule has 1 saturated heterocycles. The van der Waals surface area contributed by atoms with Crippen LogP contribution < -0.4 is 11.3 Å². The lowest BCUT2D eigenvalue weighted by Crippen LogP contribution is -2.48. The Morgan fingerprint density at radius 2 is 2.10 bits per heavy atom. The number of anilines is 1. The summed E-state index contributed by atoms with van der Waals surface area (Å²) in [5.41, 5.74) is 3.97. The summed E-state index contributed by atoms with van der Waals surface area (Å²) in [4.78, 5) is 18.7. The van der Waals surface area contributed by atoms with Gasteiger partial charge in [0, 0.05) is 24.3 Å². The highest BCUT2D eigenvalue weighted by atomic mass is 16.5. The van der Waals surface area contributed by atoms with Gasteiger partial charge in [0.2, 0.25) is 0 Å². The van der Waals surface area contributed by atoms with Crippen LogP contribution in [0.15, 0.2) is 12.1 Å². The Morgan fingerprint density at radius 1 is 1.45 bits per heavy atom. The number of carbonyl (C=O) groups excluding carboxylic acids is 1. The number of pyridine rings is 1. The van der Waals surface area contributed by atoms with E-state index in [1.807, 2.05) is 31.7 Å². The zero-order valence-corrected chi connectivity index (χ0v) is 12.2. The van der Waals surface area contributed by atoms with Crippen molar-refractivity contribution in [2.24, 2.45) is 5.84 Å². The molecule has 1 aliphatic heterocycles. The molecule has 0 saturated carbocycles. The number of hydrogen-bond donors (Lipinski definition) is 2. The van der Waals surface area contributed by atoms with Crippen molar-refractivity contribution in [1.82, 2.24) is 9.88 Å². The minimum Gasteiger partial charge on any atom is -0.372 e. The molecule has 3 N–H and O–H groups in total. The van der Waals surface area contributed by atoms with E-state index in [-0.39, 0.29) is 18.1 Å². The van der Waals surface area contributed by atoms with Crippen molar-refractivity contribution in [3.05, 3.63) is 23.4 Å². The Kier molecular flexibility index (Phi) is 4.57. The number of nitrogen functional groups attached to an aromatic ring is 1. The number of nitrogens with zero attached hydrogens (tertiary/aromatic N) is 2. The second-order valence-electron chi connectivity index (χ2n) is 5.20. The summed E-state index contributed by atoms with van der Waals surface area (Å²) in [6.07, 6.45) is 0.871. The first-order valence-corrected chi connectivity index (χ1v) is 6.95. The SMILES string of the molecule is CCc1cc(C(=O)N2CC(C)OC(C)C2)cc(NN)n1. The largest absolute Gasteiger partial charge is 0.372 e. The van der Waals surface area contributed by atoms with Gasteiger partial charge in [-0.1, -0.05) is 6.92 Å². The molecule has 0 bridgehead atoms. The summed E-state index contributed by atoms with van der Waals surface area (Å²) in [5.74, 6) is 5.92. The molecule has 0 radical (unpaired) electrons. The molecule has 1 aromatic heterocycles. The van der Waals surface area contributed by atoms with Crippen molar-refractivity contribution in [2.45, 2.75) is 39.4 Å². The third kappa shape index (κ3) is 3.26. The van der Waals surface area contributed by atoms with Crippen LogP contribution in [-0.2, 0) is 11.2 Å². The minimum absolute atomic E-state index is 0.000556. The number of nitrogens with two attached hydrogens (primary N) is 1. The fourth-order valence-corrected chi connectivity index (χ4v) is 2.49. The van der Waals surface area contributed by atoms with Crippen LogP contribution in [0.3, 0.4) is 0 Å². The van der Waals surface area contributed by atoms with Crippen molar-refractivity contribution in [1.29, 1.82) is 0 Å². The zero-order chi connectivity index (χ0) is 14.7. The normalized spacial score (nSPS) is 22.7. The first-order chi connectivity index (χ1) is 9.53. The lowest BCUT2D eigenvalue weighted by Gasteiger charge is -2.35. The Balaban J connectivity index is 2.23. The van der Waals surface area contributed by atoms with Crippen LogP contribution in [-0.4, -0.2) is 41.1 Å². The molecule has 0 aromatic carbocycles. The first kappa shape index (κ1) is 14.7. The molecule has 2 unspecified atom stereocenters. The van der Waals surface area contributed by atoms with E-state index in [1.165, 1.54) is 0 Å². The number of amides is 1. The van der Waals surface area contributed by atoms with Gasteiger partial charge in [-0.05, 0) is 32.4 Å². The standard InChI is InChI=1S/C14H22N4O2/c1-4-12-5-11(6-13(16-12)17-15)14(19)18-7-9(2)20-10(3)8-18/h5-6,9-10H,4,7-8,15H2,1-3H3,(H,16,17). The molecule has 1 aromatic rings. The molecule has 2 rings (SSSR count). The number of ether oxygens (including phenoxy) is 1. The van der Waals surface area contributed by atoms with Crippen LogP contribution in [0, 0.1) is 0 Å². The maximum absolute atomic E-state index is 12.6. The van der Waals surface area contributed by atoms with E-state index in [0.717, 1.165) is 12.1 Å². The number of aryl methyl sites for hydroxylation is 1. The van der Waals surface area contributed by atoms with Gasteiger partial charge in [0.25, 0.3) is 5.91 Å². The quantitative estimate of drug-likeness (QED) is 0.641. The fourth-order valence-electron chi connectivity index (χ4n) is 2.49. The van der Waals surface area contributed by atoms with Gasteiger partial charge >= 0.3 is 0 Å². The van der Waals surface area contributed by atoms with E-state index in [4.69, 9.17) is 10.6 Å². The van der Waals surface area contributed by atoms with Crippen LogP contribution >= 0.6 is 0 Å². The Hall–Kier alpha value is -1.66. The minimum atomic E-state index is 0.000556. The lowest BCUT2D eigenvalue weighted by atomic mass is 10.1. The van der Waals surface area contributed by atoms with Crippen molar-refractivity contribution in [2.75, 3.05) is 18.5 Å². The maximum Gasteiger partial charge on any atom is 0.254 e. The molecular formula is C14H22N4O2. The summed E-state index contributed by atoms with van der Waals surface area (Å²) in [6, 6.07) is 3.51. The number of carbonyl (C=O) groups is 1. The van der Waals surface area contributed by atoms with Gasteiger partial charge in [0.15, 0.2) is 0 Å². The van der Waals surface area contributed by atoms with Crippen LogP contribution in [0.1, 0.15) is 36.8 Å². The molecule has 110 valence electrons. The fraction of sp³-hybridized carbons (Fsp3) is 0.571. The number of morpholine rings is 1. The van der Waals surface area contributed by atoms with Crippen molar-refractivity contribution in [3.63, 3.8) is 0 Å². The van der Waals surface area contributed by atoms with E-state index < -0.39 is 0 Å². The number of rotatable bonds is 3. The van der Waals surface area contributed by atoms with Crippen LogP contribution in [0.5, 0.6) is 0 Å². The topological polar surface area (TPSA) is 80.5 Å². The van der Waals surface area contributed by atoms with Crippen molar-refractivity contribution >= 4 is 11.7 Å². The molecule has 0 aliphatic carbocycles. The van der Waals surface area contributed by atoms with Crippen molar-refractivity contribution in [3.8, 4) is 0 Å². The van der Waals surface area contributed by atoms with E-state index >= 15 is 0 Å². The van der Waals surface area contributed by atoms with E-state index in [0.29, 0.717) is 24.5 Å². The van der Waals surface area contributed by atoms with Gasteiger partial charge in [-0.25, -0.2) is 10.8 Å². The highest BCUT2D eigenvalue weighted by Gasteiger charge is 2.27. The molecular weight excluding hydrogens is 256 g/mol. The van der Waals surface area contributed by atoms with Gasteiger partial charge in [-0.3, -0.25) is 4.79 Å². The van der Waals surface area contributed by atoms with Crippen LogP contribution in [0.2, 0.25) is 0 Å². The van der Waals surface area contributed by atoms with E-state index in [9.17, 15) is 4.79 Å². The smallest absolute Gasteiger partial charge is 0.254 e. The van der Waals surface area contributed by atoms with E-state index in [2.05, 4.69) is 10.4 Å². The molecule has 1 amide bonds. The van der Waals surface area contributed by atoms with Crippen LogP contribution in [0.4, 0.5) is 5.82 Å². The molecule has 6 nitrogen and oxygen atoms in total. The summed E-state index contributed by atoms with van der Waals surface area (Å²) in [7, 11) is 0. The summed E-state index contributed by atoms with van der Waals surface area (Å²) in [6.45, 7) is 7.17. The first-order valence-electron chi connectivity index (χ1n) is 6.95. The average molecular weight is 278 g/mol. The Morgan fingerprint density at radius 3 is 2.65 bits per heavy atom. The molecule has 2 heterocycles. The van der Waals surface area contributed by atoms with Gasteiger partial charge in [-0.15, -0.1) is 0 Å². The van der Waals surface area contributed by atoms with Gasteiger partial charge in [-0.2, -0.15) is 0 Å². The van der Waals surface area contributed by atoms with Gasteiger partial charge in [0.1, 0.15) is 5.82 Å². The number of aromatic nitrogens is 1. The molecule has 1 aliphatic rings. The third-order valence-corrected chi connectivity index (χ3v) is 3.34. The monoisotopic (exact) mass is 278 g/mol. The summed E-state index contributed by atoms with van der Waals surface area (Å²) >= 11 is 0.